The fraction of sp³-hybridized carbons (Fsp3) is 0.250. The molecule has 9 heteroatoms. The maximum atomic E-state index is 12.9. The molecule has 0 unspecified atom stereocenters. The fourth-order valence-corrected chi connectivity index (χ4v) is 2.74. The summed E-state index contributed by atoms with van der Waals surface area (Å²) < 4.78 is 38.6. The standard InChI is InChI=1S/C20H17ClF3N3O2/c1-27(19(29)9-6-13-2-4-14(11-25)5-3-13)12-18(28)26-15-7-8-17(21)16(10-15)20(22,23)24/h2-5,7-8,10H,6,9,12H2,1H3,(H,26,28). The van der Waals surface area contributed by atoms with E-state index in [1.54, 1.807) is 24.3 Å². The van der Waals surface area contributed by atoms with Crippen LogP contribution in [0.1, 0.15) is 23.1 Å². The lowest BCUT2D eigenvalue weighted by molar-refractivity contribution is -0.137. The molecule has 0 saturated carbocycles. The summed E-state index contributed by atoms with van der Waals surface area (Å²) in [5, 5.41) is 10.6. The summed E-state index contributed by atoms with van der Waals surface area (Å²) >= 11 is 5.54. The van der Waals surface area contributed by atoms with E-state index in [4.69, 9.17) is 16.9 Å². The van der Waals surface area contributed by atoms with Gasteiger partial charge in [0, 0.05) is 19.2 Å². The highest BCUT2D eigenvalue weighted by molar-refractivity contribution is 6.31. The van der Waals surface area contributed by atoms with Crippen molar-refractivity contribution < 1.29 is 22.8 Å². The van der Waals surface area contributed by atoms with E-state index in [1.807, 2.05) is 6.07 Å². The monoisotopic (exact) mass is 423 g/mol. The van der Waals surface area contributed by atoms with Gasteiger partial charge in [-0.3, -0.25) is 9.59 Å². The quantitative estimate of drug-likeness (QED) is 0.754. The number of halogens is 4. The van der Waals surface area contributed by atoms with Gasteiger partial charge in [0.25, 0.3) is 0 Å². The lowest BCUT2D eigenvalue weighted by Gasteiger charge is -2.17. The van der Waals surface area contributed by atoms with E-state index in [2.05, 4.69) is 5.32 Å². The van der Waals surface area contributed by atoms with Crippen LogP contribution in [0.25, 0.3) is 0 Å². The average Bonchev–Trinajstić information content (AvgIpc) is 2.67. The van der Waals surface area contributed by atoms with Gasteiger partial charge in [-0.05, 0) is 42.3 Å². The molecule has 0 radical (unpaired) electrons. The lowest BCUT2D eigenvalue weighted by atomic mass is 10.1. The molecule has 2 rings (SSSR count). The zero-order valence-corrected chi connectivity index (χ0v) is 16.1. The van der Waals surface area contributed by atoms with E-state index in [0.29, 0.717) is 12.0 Å². The number of benzene rings is 2. The van der Waals surface area contributed by atoms with Crippen molar-refractivity contribution in [1.82, 2.24) is 4.90 Å². The van der Waals surface area contributed by atoms with Crippen LogP contribution in [0.5, 0.6) is 0 Å². The molecule has 0 aliphatic heterocycles. The average molecular weight is 424 g/mol. The topological polar surface area (TPSA) is 73.2 Å². The number of rotatable bonds is 6. The van der Waals surface area contributed by atoms with E-state index in [-0.39, 0.29) is 24.6 Å². The van der Waals surface area contributed by atoms with E-state index >= 15 is 0 Å². The maximum Gasteiger partial charge on any atom is 0.417 e. The number of anilines is 1. The first-order valence-electron chi connectivity index (χ1n) is 8.49. The summed E-state index contributed by atoms with van der Waals surface area (Å²) in [4.78, 5) is 25.4. The smallest absolute Gasteiger partial charge is 0.336 e. The van der Waals surface area contributed by atoms with Crippen LogP contribution in [0.15, 0.2) is 42.5 Å². The Kier molecular flexibility index (Phi) is 7.23. The molecule has 0 aliphatic rings. The highest BCUT2D eigenvalue weighted by atomic mass is 35.5. The number of amides is 2. The van der Waals surface area contributed by atoms with Gasteiger partial charge >= 0.3 is 6.18 Å². The van der Waals surface area contributed by atoms with Gasteiger partial charge in [0.15, 0.2) is 0 Å². The molecule has 2 aromatic rings. The molecule has 2 amide bonds. The Balaban J connectivity index is 1.89. The number of nitrogens with one attached hydrogen (secondary N) is 1. The first-order valence-corrected chi connectivity index (χ1v) is 8.87. The second-order valence-corrected chi connectivity index (χ2v) is 6.71. The van der Waals surface area contributed by atoms with E-state index in [9.17, 15) is 22.8 Å². The predicted octanol–water partition coefficient (Wildman–Crippen LogP) is 4.26. The summed E-state index contributed by atoms with van der Waals surface area (Å²) in [6.45, 7) is -0.309. The van der Waals surface area contributed by atoms with Crippen molar-refractivity contribution in [2.24, 2.45) is 0 Å². The van der Waals surface area contributed by atoms with Crippen molar-refractivity contribution in [2.45, 2.75) is 19.0 Å². The highest BCUT2D eigenvalue weighted by Gasteiger charge is 2.33. The maximum absolute atomic E-state index is 12.9. The Morgan fingerprint density at radius 3 is 2.41 bits per heavy atom. The molecule has 1 N–H and O–H groups in total. The second kappa shape index (κ2) is 9.43. The Bertz CT molecular complexity index is 937. The third kappa shape index (κ3) is 6.50. The van der Waals surface area contributed by atoms with Gasteiger partial charge in [-0.1, -0.05) is 23.7 Å². The highest BCUT2D eigenvalue weighted by Crippen LogP contribution is 2.36. The van der Waals surface area contributed by atoms with Crippen LogP contribution in [-0.2, 0) is 22.2 Å². The summed E-state index contributed by atoms with van der Waals surface area (Å²) in [5.41, 5.74) is 0.273. The first-order chi connectivity index (χ1) is 13.6. The summed E-state index contributed by atoms with van der Waals surface area (Å²) in [5.74, 6) is -0.925. The largest absolute Gasteiger partial charge is 0.417 e. The van der Waals surface area contributed by atoms with Crippen molar-refractivity contribution >= 4 is 29.1 Å². The molecule has 0 spiro atoms. The van der Waals surface area contributed by atoms with E-state index in [0.717, 1.165) is 17.7 Å². The summed E-state index contributed by atoms with van der Waals surface area (Å²) in [6, 6.07) is 11.8. The van der Waals surface area contributed by atoms with Gasteiger partial charge in [0.2, 0.25) is 11.8 Å². The Hall–Kier alpha value is -3.05. The number of nitriles is 1. The van der Waals surface area contributed by atoms with Crippen LogP contribution in [0.3, 0.4) is 0 Å². The van der Waals surface area contributed by atoms with Gasteiger partial charge in [0.1, 0.15) is 0 Å². The van der Waals surface area contributed by atoms with Crippen LogP contribution >= 0.6 is 11.6 Å². The molecule has 152 valence electrons. The van der Waals surface area contributed by atoms with Crippen LogP contribution < -0.4 is 5.32 Å². The summed E-state index contributed by atoms with van der Waals surface area (Å²) in [7, 11) is 1.43. The van der Waals surface area contributed by atoms with Crippen LogP contribution in [-0.4, -0.2) is 30.3 Å². The minimum absolute atomic E-state index is 0.0647. The number of nitrogens with zero attached hydrogens (tertiary/aromatic N) is 2. The zero-order chi connectivity index (χ0) is 21.6. The van der Waals surface area contributed by atoms with E-state index < -0.39 is 22.7 Å². The molecule has 5 nitrogen and oxygen atoms in total. The molecule has 0 saturated heterocycles. The molecular formula is C20H17ClF3N3O2. The molecule has 2 aromatic carbocycles. The third-order valence-electron chi connectivity index (χ3n) is 4.07. The zero-order valence-electron chi connectivity index (χ0n) is 15.4. The number of likely N-dealkylation sites (N-methyl/N-ethyl adjacent to an activating group) is 1. The van der Waals surface area contributed by atoms with Crippen molar-refractivity contribution in [1.29, 1.82) is 5.26 Å². The van der Waals surface area contributed by atoms with Gasteiger partial charge in [-0.2, -0.15) is 18.4 Å². The number of carbonyl (C=O) groups excluding carboxylic acids is 2. The molecule has 0 fully saturated rings. The number of hydrogen-bond donors (Lipinski definition) is 1. The minimum Gasteiger partial charge on any atom is -0.336 e. The molecule has 0 aliphatic carbocycles. The number of aryl methyl sites for hydroxylation is 1. The molecule has 0 aromatic heterocycles. The van der Waals surface area contributed by atoms with Crippen molar-refractivity contribution in [3.63, 3.8) is 0 Å². The lowest BCUT2D eigenvalue weighted by Crippen LogP contribution is -2.35. The second-order valence-electron chi connectivity index (χ2n) is 6.30. The molecule has 29 heavy (non-hydrogen) atoms. The summed E-state index contributed by atoms with van der Waals surface area (Å²) in [6.07, 6.45) is -4.06. The van der Waals surface area contributed by atoms with Crippen molar-refractivity contribution in [2.75, 3.05) is 18.9 Å². The van der Waals surface area contributed by atoms with Crippen molar-refractivity contribution in [3.8, 4) is 6.07 Å². The van der Waals surface area contributed by atoms with Crippen LogP contribution in [0.4, 0.5) is 18.9 Å². The number of alkyl halides is 3. The van der Waals surface area contributed by atoms with Crippen LogP contribution in [0.2, 0.25) is 5.02 Å². The Morgan fingerprint density at radius 1 is 1.17 bits per heavy atom. The van der Waals surface area contributed by atoms with Gasteiger partial charge in [0.05, 0.1) is 28.8 Å². The Morgan fingerprint density at radius 2 is 1.83 bits per heavy atom. The number of hydrogen-bond acceptors (Lipinski definition) is 3. The molecule has 0 atom stereocenters. The van der Waals surface area contributed by atoms with Crippen molar-refractivity contribution in [3.05, 3.63) is 64.2 Å². The predicted molar refractivity (Wildman–Crippen MR) is 102 cm³/mol. The molecule has 0 heterocycles. The first kappa shape index (κ1) is 22.2. The normalized spacial score (nSPS) is 10.9. The van der Waals surface area contributed by atoms with Gasteiger partial charge < -0.3 is 10.2 Å². The SMILES string of the molecule is CN(CC(=O)Nc1ccc(Cl)c(C(F)(F)F)c1)C(=O)CCc1ccc(C#N)cc1. The number of carbonyl (C=O) groups is 2. The molecule has 0 bridgehead atoms. The minimum atomic E-state index is -4.64. The fourth-order valence-electron chi connectivity index (χ4n) is 2.51. The van der Waals surface area contributed by atoms with Gasteiger partial charge in [-0.15, -0.1) is 0 Å². The molecular weight excluding hydrogens is 407 g/mol. The van der Waals surface area contributed by atoms with Gasteiger partial charge in [-0.25, -0.2) is 0 Å². The third-order valence-corrected chi connectivity index (χ3v) is 4.40. The van der Waals surface area contributed by atoms with E-state index in [1.165, 1.54) is 18.0 Å². The Labute approximate surface area is 170 Å². The van der Waals surface area contributed by atoms with Crippen LogP contribution in [0, 0.1) is 11.3 Å².